The lowest BCUT2D eigenvalue weighted by Crippen LogP contribution is -2.44. The standard InChI is InChI=1S/C10H15ClN2OS/c1-14-10(2-4-12-5-3-10)6-8-7-13-9(11)15-8/h7,12H,2-6H2,1H3. The Morgan fingerprint density at radius 2 is 2.33 bits per heavy atom. The Morgan fingerprint density at radius 3 is 2.87 bits per heavy atom. The van der Waals surface area contributed by atoms with Gasteiger partial charge < -0.3 is 10.1 Å². The average molecular weight is 247 g/mol. The fraction of sp³-hybridized carbons (Fsp3) is 0.700. The first kappa shape index (κ1) is 11.3. The van der Waals surface area contributed by atoms with Gasteiger partial charge >= 0.3 is 0 Å². The zero-order valence-corrected chi connectivity index (χ0v) is 10.3. The van der Waals surface area contributed by atoms with Crippen molar-refractivity contribution in [1.29, 1.82) is 0 Å². The minimum atomic E-state index is -0.0128. The van der Waals surface area contributed by atoms with E-state index in [9.17, 15) is 0 Å². The predicted molar refractivity (Wildman–Crippen MR) is 62.7 cm³/mol. The number of thiazole rings is 1. The van der Waals surface area contributed by atoms with Gasteiger partial charge in [0.15, 0.2) is 4.47 Å². The van der Waals surface area contributed by atoms with Crippen molar-refractivity contribution >= 4 is 22.9 Å². The van der Waals surface area contributed by atoms with Crippen LogP contribution in [-0.4, -0.2) is 30.8 Å². The molecule has 0 amide bonds. The summed E-state index contributed by atoms with van der Waals surface area (Å²) in [6, 6.07) is 0. The van der Waals surface area contributed by atoms with Crippen molar-refractivity contribution in [2.45, 2.75) is 24.9 Å². The number of aromatic nitrogens is 1. The monoisotopic (exact) mass is 246 g/mol. The van der Waals surface area contributed by atoms with Crippen LogP contribution in [-0.2, 0) is 11.2 Å². The summed E-state index contributed by atoms with van der Waals surface area (Å²) in [5, 5.41) is 3.35. The molecular formula is C10H15ClN2OS. The molecule has 1 N–H and O–H groups in total. The molecule has 0 bridgehead atoms. The molecule has 0 radical (unpaired) electrons. The molecule has 0 unspecified atom stereocenters. The molecule has 2 heterocycles. The van der Waals surface area contributed by atoms with Gasteiger partial charge in [0, 0.05) is 24.6 Å². The third-order valence-corrected chi connectivity index (χ3v) is 4.08. The topological polar surface area (TPSA) is 34.1 Å². The summed E-state index contributed by atoms with van der Waals surface area (Å²) in [7, 11) is 1.80. The highest BCUT2D eigenvalue weighted by atomic mass is 35.5. The third-order valence-electron chi connectivity index (χ3n) is 2.97. The van der Waals surface area contributed by atoms with Gasteiger partial charge in [-0.2, -0.15) is 0 Å². The first-order chi connectivity index (χ1) is 7.24. The van der Waals surface area contributed by atoms with Gasteiger partial charge in [-0.1, -0.05) is 11.6 Å². The van der Waals surface area contributed by atoms with Crippen molar-refractivity contribution in [3.8, 4) is 0 Å². The summed E-state index contributed by atoms with van der Waals surface area (Å²) in [5.74, 6) is 0. The van der Waals surface area contributed by atoms with Crippen LogP contribution >= 0.6 is 22.9 Å². The lowest BCUT2D eigenvalue weighted by Gasteiger charge is -2.36. The lowest BCUT2D eigenvalue weighted by molar-refractivity contribution is -0.0328. The molecule has 0 saturated carbocycles. The Balaban J connectivity index is 2.06. The van der Waals surface area contributed by atoms with E-state index in [4.69, 9.17) is 16.3 Å². The number of methoxy groups -OCH3 is 1. The number of piperidine rings is 1. The molecule has 1 aromatic heterocycles. The SMILES string of the molecule is COC1(Cc2cnc(Cl)s2)CCNCC1. The van der Waals surface area contributed by atoms with Gasteiger partial charge in [-0.15, -0.1) is 11.3 Å². The van der Waals surface area contributed by atoms with Crippen molar-refractivity contribution in [2.24, 2.45) is 0 Å². The molecule has 0 atom stereocenters. The van der Waals surface area contributed by atoms with E-state index in [-0.39, 0.29) is 5.60 Å². The van der Waals surface area contributed by atoms with E-state index < -0.39 is 0 Å². The number of nitrogens with zero attached hydrogens (tertiary/aromatic N) is 1. The van der Waals surface area contributed by atoms with Gasteiger partial charge in [0.2, 0.25) is 0 Å². The average Bonchev–Trinajstić information content (AvgIpc) is 2.65. The molecule has 1 aromatic rings. The van der Waals surface area contributed by atoms with Crippen LogP contribution in [0.1, 0.15) is 17.7 Å². The van der Waals surface area contributed by atoms with Crippen molar-refractivity contribution in [2.75, 3.05) is 20.2 Å². The smallest absolute Gasteiger partial charge is 0.183 e. The summed E-state index contributed by atoms with van der Waals surface area (Å²) in [6.45, 7) is 2.06. The Morgan fingerprint density at radius 1 is 1.60 bits per heavy atom. The zero-order chi connectivity index (χ0) is 10.7. The minimum absolute atomic E-state index is 0.0128. The molecule has 3 nitrogen and oxygen atoms in total. The molecule has 1 aliphatic rings. The van der Waals surface area contributed by atoms with E-state index >= 15 is 0 Å². The van der Waals surface area contributed by atoms with Gasteiger partial charge in [-0.05, 0) is 25.9 Å². The largest absolute Gasteiger partial charge is 0.378 e. The number of hydrogen-bond donors (Lipinski definition) is 1. The molecule has 5 heteroatoms. The number of rotatable bonds is 3. The first-order valence-corrected chi connectivity index (χ1v) is 6.30. The van der Waals surface area contributed by atoms with Gasteiger partial charge in [0.25, 0.3) is 0 Å². The normalized spacial score (nSPS) is 20.4. The van der Waals surface area contributed by atoms with Crippen LogP contribution in [0.15, 0.2) is 6.20 Å². The fourth-order valence-corrected chi connectivity index (χ4v) is 3.13. The van der Waals surface area contributed by atoms with E-state index in [0.29, 0.717) is 4.47 Å². The van der Waals surface area contributed by atoms with Crippen LogP contribution in [0.4, 0.5) is 0 Å². The maximum atomic E-state index is 5.82. The molecule has 2 rings (SSSR count). The van der Waals surface area contributed by atoms with Crippen LogP contribution in [0.5, 0.6) is 0 Å². The minimum Gasteiger partial charge on any atom is -0.378 e. The molecule has 15 heavy (non-hydrogen) atoms. The van der Waals surface area contributed by atoms with Gasteiger partial charge in [0.1, 0.15) is 0 Å². The van der Waals surface area contributed by atoms with E-state index in [1.807, 2.05) is 6.20 Å². The second kappa shape index (κ2) is 4.78. The maximum Gasteiger partial charge on any atom is 0.183 e. The maximum absolute atomic E-state index is 5.82. The first-order valence-electron chi connectivity index (χ1n) is 5.10. The Labute approximate surface area is 98.8 Å². The number of nitrogens with one attached hydrogen (secondary N) is 1. The molecule has 1 aliphatic heterocycles. The highest BCUT2D eigenvalue weighted by molar-refractivity contribution is 7.15. The van der Waals surface area contributed by atoms with E-state index in [2.05, 4.69) is 10.3 Å². The highest BCUT2D eigenvalue weighted by Gasteiger charge is 2.32. The second-order valence-electron chi connectivity index (χ2n) is 3.89. The molecule has 0 aliphatic carbocycles. The lowest BCUT2D eigenvalue weighted by atomic mass is 9.88. The van der Waals surface area contributed by atoms with Crippen LogP contribution in [0.2, 0.25) is 4.47 Å². The number of hydrogen-bond acceptors (Lipinski definition) is 4. The summed E-state index contributed by atoms with van der Waals surface area (Å²) in [5.41, 5.74) is -0.0128. The molecule has 0 aromatic carbocycles. The van der Waals surface area contributed by atoms with Crippen molar-refractivity contribution < 1.29 is 4.74 Å². The molecule has 1 fully saturated rings. The van der Waals surface area contributed by atoms with Crippen LogP contribution in [0, 0.1) is 0 Å². The van der Waals surface area contributed by atoms with E-state index in [0.717, 1.165) is 32.4 Å². The molecule has 1 saturated heterocycles. The fourth-order valence-electron chi connectivity index (χ4n) is 2.02. The molecule has 84 valence electrons. The van der Waals surface area contributed by atoms with Gasteiger partial charge in [-0.3, -0.25) is 0 Å². The second-order valence-corrected chi connectivity index (χ2v) is 5.59. The number of ether oxygens (including phenoxy) is 1. The van der Waals surface area contributed by atoms with E-state index in [1.54, 1.807) is 18.4 Å². The third kappa shape index (κ3) is 2.69. The predicted octanol–water partition coefficient (Wildman–Crippen LogP) is 2.11. The quantitative estimate of drug-likeness (QED) is 0.887. The Bertz CT molecular complexity index is 323. The van der Waals surface area contributed by atoms with Crippen LogP contribution in [0.25, 0.3) is 0 Å². The summed E-state index contributed by atoms with van der Waals surface area (Å²) < 4.78 is 6.30. The Kier molecular flexibility index (Phi) is 3.61. The highest BCUT2D eigenvalue weighted by Crippen LogP contribution is 2.30. The molecular weight excluding hydrogens is 232 g/mol. The van der Waals surface area contributed by atoms with Crippen LogP contribution in [0.3, 0.4) is 0 Å². The van der Waals surface area contributed by atoms with Crippen molar-refractivity contribution in [1.82, 2.24) is 10.3 Å². The van der Waals surface area contributed by atoms with Crippen molar-refractivity contribution in [3.63, 3.8) is 0 Å². The molecule has 0 spiro atoms. The summed E-state index contributed by atoms with van der Waals surface area (Å²) in [4.78, 5) is 5.27. The zero-order valence-electron chi connectivity index (χ0n) is 8.75. The summed E-state index contributed by atoms with van der Waals surface area (Å²) >= 11 is 7.37. The van der Waals surface area contributed by atoms with Gasteiger partial charge in [0.05, 0.1) is 5.60 Å². The Hall–Kier alpha value is -0.160. The van der Waals surface area contributed by atoms with Crippen molar-refractivity contribution in [3.05, 3.63) is 15.5 Å². The number of halogens is 1. The van der Waals surface area contributed by atoms with E-state index in [1.165, 1.54) is 4.88 Å². The van der Waals surface area contributed by atoms with Crippen LogP contribution < -0.4 is 5.32 Å². The summed E-state index contributed by atoms with van der Waals surface area (Å²) in [6.07, 6.45) is 4.89. The van der Waals surface area contributed by atoms with Gasteiger partial charge in [-0.25, -0.2) is 4.98 Å².